The predicted molar refractivity (Wildman–Crippen MR) is 108 cm³/mol. The van der Waals surface area contributed by atoms with Gasteiger partial charge in [-0.1, -0.05) is 37.3 Å². The first-order valence-corrected chi connectivity index (χ1v) is 11.6. The molecule has 0 N–H and O–H groups in total. The van der Waals surface area contributed by atoms with Gasteiger partial charge in [0.05, 0.1) is 11.5 Å². The van der Waals surface area contributed by atoms with Crippen LogP contribution in [0.3, 0.4) is 0 Å². The van der Waals surface area contributed by atoms with Crippen molar-refractivity contribution in [2.24, 2.45) is 5.92 Å². The third-order valence-electron chi connectivity index (χ3n) is 5.64. The van der Waals surface area contributed by atoms with E-state index >= 15 is 0 Å². The van der Waals surface area contributed by atoms with Gasteiger partial charge in [0.1, 0.15) is 11.5 Å². The van der Waals surface area contributed by atoms with E-state index in [1.165, 1.54) is 6.08 Å². The van der Waals surface area contributed by atoms with Crippen LogP contribution in [0.1, 0.15) is 42.8 Å². The zero-order valence-electron chi connectivity index (χ0n) is 16.0. The standard InChI is InChI=1S/C22H25NO4S/c1-16-13-20(16)21-9-7-19(27-21)8-10-22(24)23(14-17-5-3-2-4-6-17)18-11-12-28(25,26)15-18/h2-10,16,18,20H,11-15H2,1H3/b10-8+. The average Bonchev–Trinajstić information content (AvgIpc) is 3.06. The smallest absolute Gasteiger partial charge is 0.247 e. The Hall–Kier alpha value is -2.34. The zero-order valence-corrected chi connectivity index (χ0v) is 16.8. The highest BCUT2D eigenvalue weighted by molar-refractivity contribution is 7.91. The van der Waals surface area contributed by atoms with Crippen molar-refractivity contribution < 1.29 is 17.6 Å². The van der Waals surface area contributed by atoms with Crippen molar-refractivity contribution in [3.8, 4) is 0 Å². The van der Waals surface area contributed by atoms with Gasteiger partial charge in [-0.2, -0.15) is 0 Å². The lowest BCUT2D eigenvalue weighted by Gasteiger charge is -2.27. The number of carbonyl (C=O) groups is 1. The van der Waals surface area contributed by atoms with Crippen LogP contribution in [-0.2, 0) is 21.2 Å². The van der Waals surface area contributed by atoms with Gasteiger partial charge in [0.15, 0.2) is 9.84 Å². The minimum Gasteiger partial charge on any atom is -0.461 e. The van der Waals surface area contributed by atoms with E-state index in [1.807, 2.05) is 42.5 Å². The number of sulfone groups is 1. The molecule has 1 aliphatic carbocycles. The summed E-state index contributed by atoms with van der Waals surface area (Å²) >= 11 is 0. The molecule has 6 heteroatoms. The van der Waals surface area contributed by atoms with Crippen molar-refractivity contribution in [1.29, 1.82) is 0 Å². The maximum Gasteiger partial charge on any atom is 0.247 e. The van der Waals surface area contributed by atoms with Crippen LogP contribution in [0.2, 0.25) is 0 Å². The molecule has 3 atom stereocenters. The molecule has 0 radical (unpaired) electrons. The second kappa shape index (κ2) is 7.59. The Morgan fingerprint density at radius 1 is 1.21 bits per heavy atom. The van der Waals surface area contributed by atoms with Gasteiger partial charge >= 0.3 is 0 Å². The number of rotatable bonds is 6. The molecule has 148 valence electrons. The van der Waals surface area contributed by atoms with Crippen LogP contribution >= 0.6 is 0 Å². The Kier molecular flexibility index (Phi) is 5.15. The molecule has 2 heterocycles. The van der Waals surface area contributed by atoms with Crippen molar-refractivity contribution in [1.82, 2.24) is 4.90 Å². The monoisotopic (exact) mass is 399 g/mol. The van der Waals surface area contributed by atoms with Crippen LogP contribution in [0.15, 0.2) is 53.0 Å². The van der Waals surface area contributed by atoms with Gasteiger partial charge < -0.3 is 9.32 Å². The minimum atomic E-state index is -3.07. The van der Waals surface area contributed by atoms with E-state index in [1.54, 1.807) is 11.0 Å². The summed E-state index contributed by atoms with van der Waals surface area (Å²) in [5.74, 6) is 2.77. The Labute approximate surface area is 166 Å². The average molecular weight is 400 g/mol. The van der Waals surface area contributed by atoms with E-state index < -0.39 is 9.84 Å². The van der Waals surface area contributed by atoms with Crippen molar-refractivity contribution >= 4 is 21.8 Å². The molecule has 5 nitrogen and oxygen atoms in total. The normalized spacial score (nSPS) is 25.8. The number of hydrogen-bond acceptors (Lipinski definition) is 4. The van der Waals surface area contributed by atoms with Gasteiger partial charge in [0.2, 0.25) is 5.91 Å². The van der Waals surface area contributed by atoms with E-state index in [0.29, 0.717) is 30.6 Å². The van der Waals surface area contributed by atoms with Crippen LogP contribution in [-0.4, -0.2) is 36.8 Å². The van der Waals surface area contributed by atoms with Crippen LogP contribution in [0.4, 0.5) is 0 Å². The van der Waals surface area contributed by atoms with Gasteiger partial charge in [-0.3, -0.25) is 4.79 Å². The zero-order chi connectivity index (χ0) is 19.7. The van der Waals surface area contributed by atoms with E-state index in [-0.39, 0.29) is 23.5 Å². The number of benzene rings is 1. The summed E-state index contributed by atoms with van der Waals surface area (Å²) in [6.07, 6.45) is 4.81. The molecule has 0 spiro atoms. The molecule has 1 aliphatic heterocycles. The minimum absolute atomic E-state index is 0.0316. The molecule has 2 aromatic rings. The van der Waals surface area contributed by atoms with E-state index in [4.69, 9.17) is 4.42 Å². The lowest BCUT2D eigenvalue weighted by atomic mass is 10.1. The second-order valence-corrected chi connectivity index (χ2v) is 10.1. The summed E-state index contributed by atoms with van der Waals surface area (Å²) < 4.78 is 29.7. The van der Waals surface area contributed by atoms with Gasteiger partial charge in [-0.15, -0.1) is 0 Å². The summed E-state index contributed by atoms with van der Waals surface area (Å²) in [7, 11) is -3.07. The number of nitrogens with zero attached hydrogens (tertiary/aromatic N) is 1. The molecule has 1 saturated heterocycles. The third-order valence-corrected chi connectivity index (χ3v) is 7.39. The molecule has 1 aromatic heterocycles. The SMILES string of the molecule is CC1CC1c1ccc(/C=C/C(=O)N(Cc2ccccc2)C2CCS(=O)(=O)C2)o1. The number of carbonyl (C=O) groups excluding carboxylic acids is 1. The Morgan fingerprint density at radius 3 is 2.61 bits per heavy atom. The predicted octanol–water partition coefficient (Wildman–Crippen LogP) is 3.63. The summed E-state index contributed by atoms with van der Waals surface area (Å²) in [5, 5.41) is 0. The maximum atomic E-state index is 12.9. The van der Waals surface area contributed by atoms with Crippen LogP contribution in [0, 0.1) is 5.92 Å². The van der Waals surface area contributed by atoms with E-state index in [0.717, 1.165) is 17.7 Å². The molecule has 0 bridgehead atoms. The summed E-state index contributed by atoms with van der Waals surface area (Å²) in [6.45, 7) is 2.59. The van der Waals surface area contributed by atoms with Crippen LogP contribution in [0.5, 0.6) is 0 Å². The molecule has 1 amide bonds. The van der Waals surface area contributed by atoms with Crippen molar-refractivity contribution in [3.05, 3.63) is 65.6 Å². The molecule has 2 aliphatic rings. The second-order valence-electron chi connectivity index (χ2n) is 7.90. The topological polar surface area (TPSA) is 67.6 Å². The van der Waals surface area contributed by atoms with Crippen LogP contribution < -0.4 is 0 Å². The molecular weight excluding hydrogens is 374 g/mol. The highest BCUT2D eigenvalue weighted by atomic mass is 32.2. The fourth-order valence-electron chi connectivity index (χ4n) is 3.81. The molecule has 1 saturated carbocycles. The Bertz CT molecular complexity index is 977. The van der Waals surface area contributed by atoms with Gasteiger partial charge in [-0.25, -0.2) is 8.42 Å². The number of hydrogen-bond donors (Lipinski definition) is 0. The fraction of sp³-hybridized carbons (Fsp3) is 0.409. The van der Waals surface area contributed by atoms with E-state index in [2.05, 4.69) is 6.92 Å². The van der Waals surface area contributed by atoms with Crippen molar-refractivity contribution in [2.75, 3.05) is 11.5 Å². The number of furan rings is 1. The largest absolute Gasteiger partial charge is 0.461 e. The van der Waals surface area contributed by atoms with Gasteiger partial charge in [0.25, 0.3) is 0 Å². The highest BCUT2D eigenvalue weighted by Gasteiger charge is 2.36. The molecular formula is C22H25NO4S. The molecule has 28 heavy (non-hydrogen) atoms. The first kappa shape index (κ1) is 19.0. The van der Waals surface area contributed by atoms with Crippen molar-refractivity contribution in [2.45, 2.75) is 38.3 Å². The van der Waals surface area contributed by atoms with Crippen LogP contribution in [0.25, 0.3) is 6.08 Å². The fourth-order valence-corrected chi connectivity index (χ4v) is 5.54. The van der Waals surface area contributed by atoms with Gasteiger partial charge in [-0.05, 0) is 42.5 Å². The molecule has 4 rings (SSSR count). The summed E-state index contributed by atoms with van der Waals surface area (Å²) in [5.41, 5.74) is 0.983. The maximum absolute atomic E-state index is 12.9. The van der Waals surface area contributed by atoms with Gasteiger partial charge in [0, 0.05) is 24.6 Å². The lowest BCUT2D eigenvalue weighted by Crippen LogP contribution is -2.39. The summed E-state index contributed by atoms with van der Waals surface area (Å²) in [6, 6.07) is 13.2. The first-order chi connectivity index (χ1) is 13.4. The number of amides is 1. The summed E-state index contributed by atoms with van der Waals surface area (Å²) in [4.78, 5) is 14.6. The Balaban J connectivity index is 1.50. The quantitative estimate of drug-likeness (QED) is 0.696. The molecule has 1 aromatic carbocycles. The first-order valence-electron chi connectivity index (χ1n) is 9.74. The highest BCUT2D eigenvalue weighted by Crippen LogP contribution is 2.47. The van der Waals surface area contributed by atoms with E-state index in [9.17, 15) is 13.2 Å². The van der Waals surface area contributed by atoms with Crippen molar-refractivity contribution in [3.63, 3.8) is 0 Å². The lowest BCUT2D eigenvalue weighted by molar-refractivity contribution is -0.128. The third kappa shape index (κ3) is 4.38. The molecule has 3 unspecified atom stereocenters. The molecule has 2 fully saturated rings. The Morgan fingerprint density at radius 2 is 1.96 bits per heavy atom.